The number of carboxylic acid groups (broad SMARTS) is 1. The van der Waals surface area contributed by atoms with E-state index < -0.39 is 11.9 Å². The van der Waals surface area contributed by atoms with Crippen LogP contribution in [0, 0.1) is 23.7 Å². The van der Waals surface area contributed by atoms with Crippen LogP contribution in [-0.2, 0) is 9.59 Å². The van der Waals surface area contributed by atoms with Crippen LogP contribution in [0.1, 0.15) is 53.4 Å². The zero-order valence-corrected chi connectivity index (χ0v) is 13.3. The zero-order valence-electron chi connectivity index (χ0n) is 13.3. The highest BCUT2D eigenvalue weighted by Gasteiger charge is 2.37. The SMILES string of the molecule is CC(C)CN(CC(C)C)C(=O)[C@H]1CCCC[C@@H]1C(=O)O. The largest absolute Gasteiger partial charge is 0.481 e. The van der Waals surface area contributed by atoms with E-state index in [-0.39, 0.29) is 11.8 Å². The first-order valence-corrected chi connectivity index (χ1v) is 7.84. The van der Waals surface area contributed by atoms with Gasteiger partial charge in [0.1, 0.15) is 0 Å². The quantitative estimate of drug-likeness (QED) is 0.815. The lowest BCUT2D eigenvalue weighted by Gasteiger charge is -2.34. The van der Waals surface area contributed by atoms with E-state index in [1.807, 2.05) is 4.90 Å². The van der Waals surface area contributed by atoms with E-state index in [4.69, 9.17) is 0 Å². The molecule has 4 heteroatoms. The van der Waals surface area contributed by atoms with E-state index in [1.165, 1.54) is 0 Å². The molecule has 0 aromatic heterocycles. The number of aliphatic carboxylic acids is 1. The third-order valence-corrected chi connectivity index (χ3v) is 3.88. The Hall–Kier alpha value is -1.06. The number of carbonyl (C=O) groups is 2. The molecule has 0 heterocycles. The Morgan fingerprint density at radius 1 is 1.00 bits per heavy atom. The number of amides is 1. The van der Waals surface area contributed by atoms with Crippen molar-refractivity contribution in [1.82, 2.24) is 4.90 Å². The Morgan fingerprint density at radius 2 is 1.45 bits per heavy atom. The van der Waals surface area contributed by atoms with Crippen LogP contribution in [0.25, 0.3) is 0 Å². The Bertz CT molecular complexity index is 329. The summed E-state index contributed by atoms with van der Waals surface area (Å²) >= 11 is 0. The monoisotopic (exact) mass is 283 g/mol. The first kappa shape index (κ1) is 17.0. The molecule has 20 heavy (non-hydrogen) atoms. The first-order valence-electron chi connectivity index (χ1n) is 7.84. The maximum absolute atomic E-state index is 12.7. The third kappa shape index (κ3) is 4.80. The topological polar surface area (TPSA) is 57.6 Å². The Labute approximate surface area is 122 Å². The molecule has 0 bridgehead atoms. The van der Waals surface area contributed by atoms with Crippen molar-refractivity contribution in [3.05, 3.63) is 0 Å². The summed E-state index contributed by atoms with van der Waals surface area (Å²) in [7, 11) is 0. The number of hydrogen-bond donors (Lipinski definition) is 1. The first-order chi connectivity index (χ1) is 9.32. The maximum Gasteiger partial charge on any atom is 0.307 e. The van der Waals surface area contributed by atoms with Crippen LogP contribution in [0.2, 0.25) is 0 Å². The van der Waals surface area contributed by atoms with Gasteiger partial charge in [0.05, 0.1) is 11.8 Å². The van der Waals surface area contributed by atoms with Gasteiger partial charge in [0, 0.05) is 13.1 Å². The van der Waals surface area contributed by atoms with Crippen LogP contribution < -0.4 is 0 Å². The molecule has 0 aromatic carbocycles. The molecule has 1 amide bonds. The minimum Gasteiger partial charge on any atom is -0.481 e. The Morgan fingerprint density at radius 3 is 1.85 bits per heavy atom. The van der Waals surface area contributed by atoms with Crippen LogP contribution in [0.15, 0.2) is 0 Å². The Kier molecular flexibility index (Phi) is 6.50. The molecule has 0 radical (unpaired) electrons. The second-order valence-corrected chi connectivity index (χ2v) is 6.87. The molecule has 0 aliphatic heterocycles. The van der Waals surface area contributed by atoms with E-state index in [2.05, 4.69) is 27.7 Å². The second kappa shape index (κ2) is 7.65. The van der Waals surface area contributed by atoms with Gasteiger partial charge in [-0.2, -0.15) is 0 Å². The van der Waals surface area contributed by atoms with Gasteiger partial charge in [-0.15, -0.1) is 0 Å². The molecule has 116 valence electrons. The fourth-order valence-electron chi connectivity index (χ4n) is 3.09. The molecule has 1 N–H and O–H groups in total. The number of nitrogens with zero attached hydrogens (tertiary/aromatic N) is 1. The molecule has 4 nitrogen and oxygen atoms in total. The van der Waals surface area contributed by atoms with Crippen LogP contribution in [0.5, 0.6) is 0 Å². The van der Waals surface area contributed by atoms with Crippen molar-refractivity contribution in [2.24, 2.45) is 23.7 Å². The van der Waals surface area contributed by atoms with Crippen molar-refractivity contribution in [2.45, 2.75) is 53.4 Å². The molecule has 0 spiro atoms. The van der Waals surface area contributed by atoms with Gasteiger partial charge in [0.25, 0.3) is 0 Å². The Balaban J connectivity index is 2.82. The minimum atomic E-state index is -0.808. The van der Waals surface area contributed by atoms with Gasteiger partial charge in [0.15, 0.2) is 0 Å². The normalized spacial score (nSPS) is 23.1. The highest BCUT2D eigenvalue weighted by atomic mass is 16.4. The number of rotatable bonds is 6. The summed E-state index contributed by atoms with van der Waals surface area (Å²) in [6.07, 6.45) is 3.26. The van der Waals surface area contributed by atoms with E-state index in [0.29, 0.717) is 18.3 Å². The maximum atomic E-state index is 12.7. The lowest BCUT2D eigenvalue weighted by atomic mass is 9.78. The van der Waals surface area contributed by atoms with Gasteiger partial charge < -0.3 is 10.0 Å². The van der Waals surface area contributed by atoms with Crippen LogP contribution in [0.3, 0.4) is 0 Å². The molecule has 1 saturated carbocycles. The zero-order chi connectivity index (χ0) is 15.3. The third-order valence-electron chi connectivity index (χ3n) is 3.88. The van der Waals surface area contributed by atoms with Gasteiger partial charge in [0.2, 0.25) is 5.91 Å². The summed E-state index contributed by atoms with van der Waals surface area (Å²) in [4.78, 5) is 26.0. The van der Waals surface area contributed by atoms with Crippen molar-refractivity contribution >= 4 is 11.9 Å². The van der Waals surface area contributed by atoms with Crippen LogP contribution >= 0.6 is 0 Å². The van der Waals surface area contributed by atoms with Gasteiger partial charge in [-0.05, 0) is 24.7 Å². The molecule has 0 saturated heterocycles. The summed E-state index contributed by atoms with van der Waals surface area (Å²) in [5, 5.41) is 9.33. The summed E-state index contributed by atoms with van der Waals surface area (Å²) in [6, 6.07) is 0. The van der Waals surface area contributed by atoms with E-state index in [0.717, 1.165) is 32.4 Å². The molecule has 0 aromatic rings. The predicted molar refractivity (Wildman–Crippen MR) is 79.3 cm³/mol. The smallest absolute Gasteiger partial charge is 0.307 e. The van der Waals surface area contributed by atoms with E-state index in [1.54, 1.807) is 0 Å². The van der Waals surface area contributed by atoms with Crippen molar-refractivity contribution in [3.63, 3.8) is 0 Å². The van der Waals surface area contributed by atoms with Gasteiger partial charge >= 0.3 is 5.97 Å². The summed E-state index contributed by atoms with van der Waals surface area (Å²) in [6.45, 7) is 9.82. The van der Waals surface area contributed by atoms with Gasteiger partial charge in [-0.3, -0.25) is 9.59 Å². The van der Waals surface area contributed by atoms with E-state index >= 15 is 0 Å². The molecule has 0 unspecified atom stereocenters. The second-order valence-electron chi connectivity index (χ2n) is 6.87. The molecule has 2 atom stereocenters. The average Bonchev–Trinajstić information content (AvgIpc) is 2.36. The van der Waals surface area contributed by atoms with Crippen LogP contribution in [-0.4, -0.2) is 35.0 Å². The molecule has 1 aliphatic rings. The van der Waals surface area contributed by atoms with Gasteiger partial charge in [-0.1, -0.05) is 40.5 Å². The van der Waals surface area contributed by atoms with Crippen LogP contribution in [0.4, 0.5) is 0 Å². The number of carboxylic acids is 1. The summed E-state index contributed by atoms with van der Waals surface area (Å²) in [5.41, 5.74) is 0. The summed E-state index contributed by atoms with van der Waals surface area (Å²) in [5.74, 6) is -0.748. The molecule has 1 fully saturated rings. The number of hydrogen-bond acceptors (Lipinski definition) is 2. The van der Waals surface area contributed by atoms with Gasteiger partial charge in [-0.25, -0.2) is 0 Å². The van der Waals surface area contributed by atoms with Crippen molar-refractivity contribution in [3.8, 4) is 0 Å². The highest BCUT2D eigenvalue weighted by molar-refractivity contribution is 5.85. The summed E-state index contributed by atoms with van der Waals surface area (Å²) < 4.78 is 0. The fourth-order valence-corrected chi connectivity index (χ4v) is 3.09. The highest BCUT2D eigenvalue weighted by Crippen LogP contribution is 2.32. The van der Waals surface area contributed by atoms with Crippen molar-refractivity contribution < 1.29 is 14.7 Å². The lowest BCUT2D eigenvalue weighted by Crippen LogP contribution is -2.45. The molecular formula is C16H29NO3. The number of carbonyl (C=O) groups excluding carboxylic acids is 1. The van der Waals surface area contributed by atoms with Crippen molar-refractivity contribution in [1.29, 1.82) is 0 Å². The predicted octanol–water partition coefficient (Wildman–Crippen LogP) is 3.02. The molecule has 1 aliphatic carbocycles. The molecule has 1 rings (SSSR count). The van der Waals surface area contributed by atoms with Crippen molar-refractivity contribution in [2.75, 3.05) is 13.1 Å². The standard InChI is InChI=1S/C16H29NO3/c1-11(2)9-17(10-12(3)4)15(18)13-7-5-6-8-14(13)16(19)20/h11-14H,5-10H2,1-4H3,(H,19,20)/t13-,14-/m0/s1. The minimum absolute atomic E-state index is 0.0551. The molecular weight excluding hydrogens is 254 g/mol. The van der Waals surface area contributed by atoms with E-state index in [9.17, 15) is 14.7 Å². The average molecular weight is 283 g/mol. The fraction of sp³-hybridized carbons (Fsp3) is 0.875. The lowest BCUT2D eigenvalue weighted by molar-refractivity contribution is -0.152.